The van der Waals surface area contributed by atoms with Gasteiger partial charge >= 0.3 is 0 Å². The van der Waals surface area contributed by atoms with Gasteiger partial charge in [0.2, 0.25) is 0 Å². The van der Waals surface area contributed by atoms with Crippen molar-refractivity contribution < 1.29 is 0 Å². The van der Waals surface area contributed by atoms with E-state index in [2.05, 4.69) is 87.2 Å². The lowest BCUT2D eigenvalue weighted by Crippen LogP contribution is -2.23. The largest absolute Gasteiger partial charge is 0.310 e. The highest BCUT2D eigenvalue weighted by atomic mass is 127. The first-order chi connectivity index (χ1) is 9.60. The molecule has 0 amide bonds. The van der Waals surface area contributed by atoms with E-state index in [4.69, 9.17) is 11.6 Å². The Labute approximate surface area is 147 Å². The molecule has 0 saturated carbocycles. The average molecular weight is 465 g/mol. The second kappa shape index (κ2) is 7.78. The van der Waals surface area contributed by atoms with Crippen molar-refractivity contribution in [3.05, 3.63) is 66.7 Å². The molecule has 1 nitrogen and oxygen atoms in total. The molecule has 0 bridgehead atoms. The average Bonchev–Trinajstić information content (AvgIpc) is 2.41. The number of hydrogen-bond acceptors (Lipinski definition) is 1. The molecular formula is C16H16BrClIN. The van der Waals surface area contributed by atoms with Gasteiger partial charge in [-0.15, -0.1) is 0 Å². The molecule has 0 fully saturated rings. The Morgan fingerprint density at radius 1 is 1.25 bits per heavy atom. The smallest absolute Gasteiger partial charge is 0.0410 e. The van der Waals surface area contributed by atoms with Gasteiger partial charge in [-0.25, -0.2) is 0 Å². The summed E-state index contributed by atoms with van der Waals surface area (Å²) in [5.74, 6) is 0. The Balaban J connectivity index is 2.29. The summed E-state index contributed by atoms with van der Waals surface area (Å²) in [5, 5.41) is 4.35. The van der Waals surface area contributed by atoms with E-state index >= 15 is 0 Å². The van der Waals surface area contributed by atoms with E-state index < -0.39 is 0 Å². The van der Waals surface area contributed by atoms with Crippen molar-refractivity contribution in [2.24, 2.45) is 0 Å². The van der Waals surface area contributed by atoms with Crippen molar-refractivity contribution >= 4 is 50.1 Å². The van der Waals surface area contributed by atoms with Crippen LogP contribution in [0.2, 0.25) is 5.02 Å². The third-order valence-electron chi connectivity index (χ3n) is 3.11. The minimum atomic E-state index is 0.278. The van der Waals surface area contributed by atoms with Crippen LogP contribution in [-0.2, 0) is 6.42 Å². The molecule has 20 heavy (non-hydrogen) atoms. The quantitative estimate of drug-likeness (QED) is 0.568. The molecule has 0 saturated heterocycles. The zero-order chi connectivity index (χ0) is 14.5. The van der Waals surface area contributed by atoms with E-state index in [0.29, 0.717) is 0 Å². The summed E-state index contributed by atoms with van der Waals surface area (Å²) in [4.78, 5) is 0. The van der Waals surface area contributed by atoms with Gasteiger partial charge in [-0.3, -0.25) is 0 Å². The number of rotatable bonds is 5. The summed E-state index contributed by atoms with van der Waals surface area (Å²) in [7, 11) is 0. The van der Waals surface area contributed by atoms with Gasteiger partial charge in [-0.1, -0.05) is 46.6 Å². The summed E-state index contributed by atoms with van der Waals surface area (Å²) in [6.07, 6.45) is 0.948. The second-order valence-corrected chi connectivity index (χ2v) is 7.12. The molecule has 106 valence electrons. The lowest BCUT2D eigenvalue weighted by Gasteiger charge is -2.20. The molecule has 1 unspecified atom stereocenters. The predicted octanol–water partition coefficient (Wildman–Crippen LogP) is 5.60. The predicted molar refractivity (Wildman–Crippen MR) is 98.4 cm³/mol. The molecule has 0 radical (unpaired) electrons. The van der Waals surface area contributed by atoms with E-state index in [1.54, 1.807) is 0 Å². The molecule has 1 N–H and O–H groups in total. The summed E-state index contributed by atoms with van der Waals surface area (Å²) in [6, 6.07) is 14.8. The zero-order valence-electron chi connectivity index (χ0n) is 11.2. The van der Waals surface area contributed by atoms with Crippen molar-refractivity contribution in [1.82, 2.24) is 5.32 Å². The fraction of sp³-hybridized carbons (Fsp3) is 0.250. The van der Waals surface area contributed by atoms with Gasteiger partial charge in [0, 0.05) is 19.1 Å². The highest BCUT2D eigenvalue weighted by Crippen LogP contribution is 2.27. The van der Waals surface area contributed by atoms with E-state index in [9.17, 15) is 0 Å². The van der Waals surface area contributed by atoms with Crippen molar-refractivity contribution in [2.75, 3.05) is 6.54 Å². The minimum Gasteiger partial charge on any atom is -0.310 e. The molecule has 0 spiro atoms. The molecule has 2 rings (SSSR count). The maximum Gasteiger partial charge on any atom is 0.0410 e. The summed E-state index contributed by atoms with van der Waals surface area (Å²) in [5.41, 5.74) is 2.57. The molecule has 4 heteroatoms. The van der Waals surface area contributed by atoms with Crippen molar-refractivity contribution in [3.8, 4) is 0 Å². The van der Waals surface area contributed by atoms with Crippen LogP contribution in [0.3, 0.4) is 0 Å². The lowest BCUT2D eigenvalue weighted by atomic mass is 9.99. The van der Waals surface area contributed by atoms with Gasteiger partial charge in [0.25, 0.3) is 0 Å². The molecule has 0 aliphatic carbocycles. The van der Waals surface area contributed by atoms with Crippen molar-refractivity contribution in [3.63, 3.8) is 0 Å². The van der Waals surface area contributed by atoms with Gasteiger partial charge in [0.05, 0.1) is 0 Å². The van der Waals surface area contributed by atoms with Gasteiger partial charge in [-0.05, 0) is 77.0 Å². The number of hydrogen-bond donors (Lipinski definition) is 1. The lowest BCUT2D eigenvalue weighted by molar-refractivity contribution is 0.547. The molecule has 0 aliphatic heterocycles. The fourth-order valence-corrected chi connectivity index (χ4v) is 3.56. The summed E-state index contributed by atoms with van der Waals surface area (Å²) < 4.78 is 2.36. The van der Waals surface area contributed by atoms with Gasteiger partial charge < -0.3 is 5.32 Å². The Morgan fingerprint density at radius 2 is 2.05 bits per heavy atom. The van der Waals surface area contributed by atoms with Crippen LogP contribution in [0, 0.1) is 3.57 Å². The Bertz CT molecular complexity index is 588. The number of nitrogens with one attached hydrogen (secondary N) is 1. The molecule has 0 aromatic heterocycles. The SMILES string of the molecule is CCNC(Cc1cccc(Br)c1)c1cc(Cl)ccc1I. The summed E-state index contributed by atoms with van der Waals surface area (Å²) >= 11 is 12.1. The maximum absolute atomic E-state index is 6.15. The normalized spacial score (nSPS) is 12.4. The molecular weight excluding hydrogens is 448 g/mol. The van der Waals surface area contributed by atoms with E-state index in [-0.39, 0.29) is 6.04 Å². The van der Waals surface area contributed by atoms with E-state index in [0.717, 1.165) is 22.5 Å². The molecule has 0 heterocycles. The van der Waals surface area contributed by atoms with Gasteiger partial charge in [-0.2, -0.15) is 0 Å². The second-order valence-electron chi connectivity index (χ2n) is 4.61. The first kappa shape index (κ1) is 16.3. The third-order valence-corrected chi connectivity index (χ3v) is 4.82. The number of likely N-dealkylation sites (N-methyl/N-ethyl adjacent to an activating group) is 1. The fourth-order valence-electron chi connectivity index (χ4n) is 2.22. The zero-order valence-corrected chi connectivity index (χ0v) is 15.7. The summed E-state index contributed by atoms with van der Waals surface area (Å²) in [6.45, 7) is 3.06. The molecule has 2 aromatic carbocycles. The first-order valence-corrected chi connectivity index (χ1v) is 8.78. The van der Waals surface area contributed by atoms with Gasteiger partial charge in [0.1, 0.15) is 0 Å². The van der Waals surface area contributed by atoms with Crippen LogP contribution < -0.4 is 5.32 Å². The number of halogens is 3. The van der Waals surface area contributed by atoms with Crippen LogP contribution in [0.25, 0.3) is 0 Å². The Kier molecular flexibility index (Phi) is 6.33. The topological polar surface area (TPSA) is 12.0 Å². The van der Waals surface area contributed by atoms with Crippen LogP contribution in [0.15, 0.2) is 46.9 Å². The highest BCUT2D eigenvalue weighted by Gasteiger charge is 2.15. The Hall–Kier alpha value is -0.100. The van der Waals surface area contributed by atoms with Crippen LogP contribution in [0.1, 0.15) is 24.1 Å². The van der Waals surface area contributed by atoms with Crippen LogP contribution in [0.4, 0.5) is 0 Å². The van der Waals surface area contributed by atoms with E-state index in [1.165, 1.54) is 14.7 Å². The monoisotopic (exact) mass is 463 g/mol. The van der Waals surface area contributed by atoms with Crippen LogP contribution in [-0.4, -0.2) is 6.54 Å². The number of benzene rings is 2. The molecule has 1 atom stereocenters. The van der Waals surface area contributed by atoms with Crippen LogP contribution >= 0.6 is 50.1 Å². The molecule has 0 aliphatic rings. The maximum atomic E-state index is 6.15. The Morgan fingerprint density at radius 3 is 2.75 bits per heavy atom. The first-order valence-electron chi connectivity index (χ1n) is 6.53. The van der Waals surface area contributed by atoms with Crippen molar-refractivity contribution in [1.29, 1.82) is 0 Å². The highest BCUT2D eigenvalue weighted by molar-refractivity contribution is 14.1. The standard InChI is InChI=1S/C16H16BrClIN/c1-2-20-16(9-11-4-3-5-12(17)8-11)14-10-13(18)6-7-15(14)19/h3-8,10,16,20H,2,9H2,1H3. The van der Waals surface area contributed by atoms with E-state index in [1.807, 2.05) is 6.07 Å². The minimum absolute atomic E-state index is 0.278. The molecule has 2 aromatic rings. The van der Waals surface area contributed by atoms with Crippen molar-refractivity contribution in [2.45, 2.75) is 19.4 Å². The third kappa shape index (κ3) is 4.45. The van der Waals surface area contributed by atoms with Gasteiger partial charge in [0.15, 0.2) is 0 Å². The van der Waals surface area contributed by atoms with Crippen LogP contribution in [0.5, 0.6) is 0 Å².